The molecule has 0 aromatic carbocycles. The molecule has 10 heteroatoms. The first-order valence-corrected chi connectivity index (χ1v) is 18.5. The van der Waals surface area contributed by atoms with E-state index >= 15 is 0 Å². The van der Waals surface area contributed by atoms with Crippen molar-refractivity contribution in [3.05, 3.63) is 5.09 Å². The molecule has 0 saturated carbocycles. The monoisotopic (exact) mass is 318 g/mol. The van der Waals surface area contributed by atoms with Crippen molar-refractivity contribution in [2.75, 3.05) is 7.05 Å². The van der Waals surface area contributed by atoms with E-state index in [0.29, 0.717) is 0 Å². The van der Waals surface area contributed by atoms with Gasteiger partial charge in [-0.2, -0.15) is 14.5 Å². The van der Waals surface area contributed by atoms with E-state index in [1.165, 1.54) is 0 Å². The summed E-state index contributed by atoms with van der Waals surface area (Å²) in [7, 11) is 15.6. The van der Waals surface area contributed by atoms with Crippen LogP contribution in [0.3, 0.4) is 0 Å². The SMILES string of the molecule is C[N-]P(P)P(PP)PP(P)P. The molecule has 0 heterocycles. The van der Waals surface area contributed by atoms with Crippen LogP contribution in [0.4, 0.5) is 0 Å². The van der Waals surface area contributed by atoms with E-state index in [1.54, 1.807) is 0 Å². The fraction of sp³-hybridized carbons (Fsp3) is 1.00. The lowest BCUT2D eigenvalue weighted by molar-refractivity contribution is 1.93. The maximum absolute atomic E-state index is 4.36. The molecule has 0 aromatic rings. The fourth-order valence-electron chi connectivity index (χ4n) is 0.333. The predicted octanol–water partition coefficient (Wildman–Crippen LogP) is 5.53. The van der Waals surface area contributed by atoms with Crippen LogP contribution in [0.2, 0.25) is 0 Å². The summed E-state index contributed by atoms with van der Waals surface area (Å²) in [5, 5.41) is 4.36. The lowest BCUT2D eigenvalue weighted by Gasteiger charge is -2.33. The molecule has 0 N–H and O–H groups in total. The molecule has 8 unspecified atom stereocenters. The summed E-state index contributed by atoms with van der Waals surface area (Å²) in [5.74, 6) is 0. The fourth-order valence-corrected chi connectivity index (χ4v) is 54.1. The maximum atomic E-state index is 4.36. The summed E-state index contributed by atoms with van der Waals surface area (Å²) in [4.78, 5) is 0. The Morgan fingerprint density at radius 3 is 2.09 bits per heavy atom. The smallest absolute Gasteiger partial charge is 0.0417 e. The molecule has 11 heavy (non-hydrogen) atoms. The third-order valence-corrected chi connectivity index (χ3v) is 40.5. The van der Waals surface area contributed by atoms with Gasteiger partial charge in [-0.15, -0.1) is 35.7 Å². The van der Waals surface area contributed by atoms with Crippen molar-refractivity contribution >= 4 is 73.1 Å². The highest BCUT2D eigenvalue weighted by atomic mass is 33.1. The number of nitrogens with zero attached hydrogens (tertiary/aromatic N) is 1. The third kappa shape index (κ3) is 7.72. The summed E-state index contributed by atoms with van der Waals surface area (Å²) in [6.45, 7) is 0.350. The van der Waals surface area contributed by atoms with Gasteiger partial charge in [-0.3, -0.25) is 0 Å². The lowest BCUT2D eigenvalue weighted by atomic mass is 11.6. The first-order chi connectivity index (χ1) is 5.11. The molecule has 1 nitrogen and oxygen atoms in total. The van der Waals surface area contributed by atoms with E-state index in [-0.39, 0.29) is 21.4 Å². The number of hydrogen-bond donors (Lipinski definition) is 0. The second-order valence-electron chi connectivity index (χ2n) is 1.47. The van der Waals surface area contributed by atoms with E-state index in [0.717, 1.165) is 15.9 Å². The van der Waals surface area contributed by atoms with Gasteiger partial charge in [-0.05, 0) is 14.0 Å². The van der Waals surface area contributed by atoms with E-state index in [1.807, 2.05) is 7.05 Å². The van der Waals surface area contributed by atoms with Gasteiger partial charge in [0.2, 0.25) is 0 Å². The van der Waals surface area contributed by atoms with Gasteiger partial charge in [-0.1, -0.05) is 15.9 Å². The molecule has 0 radical (unpaired) electrons. The zero-order valence-corrected chi connectivity index (χ0v) is 15.4. The molecule has 0 fully saturated rings. The molecular weight excluding hydrogens is 305 g/mol. The Morgan fingerprint density at radius 1 is 1.27 bits per heavy atom. The molecule has 0 amide bonds. The second-order valence-corrected chi connectivity index (χ2v) is 31.2. The van der Waals surface area contributed by atoms with Gasteiger partial charge in [-0.25, -0.2) is 0 Å². The second kappa shape index (κ2) is 9.08. The Kier molecular flexibility index (Phi) is 12.2. The van der Waals surface area contributed by atoms with Crippen LogP contribution in [0, 0.1) is 0 Å². The average molecular weight is 318 g/mol. The highest BCUT2D eigenvalue weighted by Crippen LogP contribution is 3.01. The quantitative estimate of drug-likeness (QED) is 0.592. The van der Waals surface area contributed by atoms with Gasteiger partial charge < -0.3 is 5.09 Å². The van der Waals surface area contributed by atoms with Crippen LogP contribution in [-0.2, 0) is 0 Å². The third-order valence-electron chi connectivity index (χ3n) is 0.742. The van der Waals surface area contributed by atoms with Crippen molar-refractivity contribution < 1.29 is 0 Å². The van der Waals surface area contributed by atoms with Crippen molar-refractivity contribution in [1.29, 1.82) is 0 Å². The molecule has 0 bridgehead atoms. The number of rotatable bonds is 5. The topological polar surface area (TPSA) is 14.1 Å². The maximum Gasteiger partial charge on any atom is -0.0417 e. The van der Waals surface area contributed by atoms with Gasteiger partial charge >= 0.3 is 0 Å². The Bertz CT molecular complexity index is 93.6. The summed E-state index contributed by atoms with van der Waals surface area (Å²) >= 11 is 0. The predicted molar refractivity (Wildman–Crippen MR) is 85.5 cm³/mol. The van der Waals surface area contributed by atoms with Crippen molar-refractivity contribution in [2.45, 2.75) is 0 Å². The van der Waals surface area contributed by atoms with Crippen molar-refractivity contribution in [1.82, 2.24) is 0 Å². The van der Waals surface area contributed by atoms with Crippen LogP contribution in [0.15, 0.2) is 0 Å². The van der Waals surface area contributed by atoms with E-state index in [2.05, 4.69) is 40.8 Å². The van der Waals surface area contributed by atoms with Crippen LogP contribution in [0.5, 0.6) is 0 Å². The van der Waals surface area contributed by atoms with Crippen LogP contribution < -0.4 is 0 Å². The molecule has 68 valence electrons. The van der Waals surface area contributed by atoms with Gasteiger partial charge in [0.05, 0.1) is 0 Å². The molecular formula is CH13NP9-. The van der Waals surface area contributed by atoms with E-state index in [4.69, 9.17) is 0 Å². The molecule has 0 aliphatic carbocycles. The van der Waals surface area contributed by atoms with Gasteiger partial charge in [0.15, 0.2) is 0 Å². The molecule has 0 aromatic heterocycles. The zero-order chi connectivity index (χ0) is 8.85. The van der Waals surface area contributed by atoms with E-state index < -0.39 is 0 Å². The summed E-state index contributed by atoms with van der Waals surface area (Å²) < 4.78 is 0. The number of hydrogen-bond acceptors (Lipinski definition) is 0. The van der Waals surface area contributed by atoms with Crippen LogP contribution in [0.1, 0.15) is 0 Å². The first-order valence-electron chi connectivity index (χ1n) is 2.58. The Labute approximate surface area is 85.2 Å². The Hall–Kier alpha value is 3.83. The summed E-state index contributed by atoms with van der Waals surface area (Å²) in [6.07, 6.45) is 0. The van der Waals surface area contributed by atoms with Crippen molar-refractivity contribution in [3.8, 4) is 0 Å². The minimum absolute atomic E-state index is 0.0745. The molecule has 0 aliphatic rings. The molecule has 0 rings (SSSR count). The average Bonchev–Trinajstić information content (AvgIpc) is 1.98. The molecule has 0 saturated heterocycles. The molecule has 0 spiro atoms. The van der Waals surface area contributed by atoms with Crippen LogP contribution in [-0.4, -0.2) is 7.05 Å². The van der Waals surface area contributed by atoms with Gasteiger partial charge in [0, 0.05) is 0 Å². The Morgan fingerprint density at radius 2 is 1.82 bits per heavy atom. The van der Waals surface area contributed by atoms with Gasteiger partial charge in [0.25, 0.3) is 0 Å². The van der Waals surface area contributed by atoms with Crippen molar-refractivity contribution in [2.24, 2.45) is 0 Å². The summed E-state index contributed by atoms with van der Waals surface area (Å²) in [6, 6.07) is 0. The van der Waals surface area contributed by atoms with Gasteiger partial charge in [0.1, 0.15) is 0 Å². The Balaban J connectivity index is 3.74. The molecule has 8 atom stereocenters. The minimum Gasteiger partial charge on any atom is -0.632 e. The standard InChI is InChI=1S/CH13NP9/c1-2-9(4)11(7-3)8-10(5)6/h7-8H,3-6H2,1H3/q-1. The first kappa shape index (κ1) is 14.8. The normalized spacial score (nSPS) is 19.1. The lowest BCUT2D eigenvalue weighted by Crippen LogP contribution is -1.46. The van der Waals surface area contributed by atoms with Crippen LogP contribution in [0.25, 0.3) is 5.09 Å². The molecule has 0 aliphatic heterocycles. The summed E-state index contributed by atoms with van der Waals surface area (Å²) in [5.41, 5.74) is 0. The van der Waals surface area contributed by atoms with Crippen molar-refractivity contribution in [3.63, 3.8) is 0 Å². The van der Waals surface area contributed by atoms with E-state index in [9.17, 15) is 0 Å². The highest BCUT2D eigenvalue weighted by Gasteiger charge is 2.08. The largest absolute Gasteiger partial charge is 0.632 e. The minimum atomic E-state index is -0.0745. The highest BCUT2D eigenvalue weighted by molar-refractivity contribution is 9.03. The zero-order valence-electron chi connectivity index (χ0n) is 6.10. The van der Waals surface area contributed by atoms with Crippen LogP contribution >= 0.6 is 73.1 Å².